The van der Waals surface area contributed by atoms with Gasteiger partial charge in [-0.05, 0) is 25.5 Å². The van der Waals surface area contributed by atoms with E-state index >= 15 is 0 Å². The molecule has 1 atom stereocenters. The van der Waals surface area contributed by atoms with E-state index in [-0.39, 0.29) is 11.9 Å². The van der Waals surface area contributed by atoms with Gasteiger partial charge in [-0.15, -0.1) is 18.3 Å². The minimum absolute atomic E-state index is 0.176. The van der Waals surface area contributed by atoms with Crippen LogP contribution in [-0.4, -0.2) is 17.6 Å². The lowest BCUT2D eigenvalue weighted by molar-refractivity contribution is -0.125. The molecule has 1 aromatic rings. The van der Waals surface area contributed by atoms with E-state index in [4.69, 9.17) is 4.74 Å². The molecule has 3 heteroatoms. The van der Waals surface area contributed by atoms with Gasteiger partial charge < -0.3 is 4.74 Å². The highest BCUT2D eigenvalue weighted by Crippen LogP contribution is 2.35. The summed E-state index contributed by atoms with van der Waals surface area (Å²) in [6.07, 6.45) is 0.988. The quantitative estimate of drug-likeness (QED) is 0.763. The second-order valence-corrected chi connectivity index (χ2v) is 5.35. The summed E-state index contributed by atoms with van der Waals surface area (Å²) in [7, 11) is 0. The SMILES string of the molecule is C=C(C)CCC(=O)C1CSc2ccccc2O1. The molecule has 1 aliphatic rings. The molecule has 0 fully saturated rings. The smallest absolute Gasteiger partial charge is 0.174 e. The maximum Gasteiger partial charge on any atom is 0.174 e. The highest BCUT2D eigenvalue weighted by molar-refractivity contribution is 7.99. The summed E-state index contributed by atoms with van der Waals surface area (Å²) in [6.45, 7) is 5.75. The van der Waals surface area contributed by atoms with Gasteiger partial charge in [0.2, 0.25) is 0 Å². The molecule has 0 radical (unpaired) electrons. The number of carbonyl (C=O) groups is 1. The third-order valence-electron chi connectivity index (χ3n) is 2.67. The lowest BCUT2D eigenvalue weighted by Gasteiger charge is -2.24. The topological polar surface area (TPSA) is 26.3 Å². The molecule has 2 nitrogen and oxygen atoms in total. The Labute approximate surface area is 106 Å². The number of benzene rings is 1. The van der Waals surface area contributed by atoms with Gasteiger partial charge in [-0.1, -0.05) is 17.7 Å². The molecular formula is C14H16O2S. The van der Waals surface area contributed by atoms with Crippen LogP contribution in [0.2, 0.25) is 0 Å². The number of carbonyl (C=O) groups excluding carboxylic acids is 1. The molecule has 0 aliphatic carbocycles. The molecule has 0 saturated heterocycles. The van der Waals surface area contributed by atoms with Crippen LogP contribution in [0.4, 0.5) is 0 Å². The number of thioether (sulfide) groups is 1. The molecule has 0 spiro atoms. The summed E-state index contributed by atoms with van der Waals surface area (Å²) in [4.78, 5) is 13.1. The predicted octanol–water partition coefficient (Wildman–Crippen LogP) is 3.47. The molecule has 0 bridgehead atoms. The van der Waals surface area contributed by atoms with Crippen molar-refractivity contribution in [1.29, 1.82) is 0 Å². The Morgan fingerprint density at radius 1 is 1.47 bits per heavy atom. The van der Waals surface area contributed by atoms with Crippen LogP contribution in [0.1, 0.15) is 19.8 Å². The largest absolute Gasteiger partial charge is 0.481 e. The summed E-state index contributed by atoms with van der Waals surface area (Å²) < 4.78 is 5.73. The van der Waals surface area contributed by atoms with Crippen LogP contribution in [-0.2, 0) is 4.79 Å². The van der Waals surface area contributed by atoms with Crippen LogP contribution in [0.15, 0.2) is 41.3 Å². The van der Waals surface area contributed by atoms with Crippen molar-refractivity contribution in [2.45, 2.75) is 30.8 Å². The fraction of sp³-hybridized carbons (Fsp3) is 0.357. The minimum atomic E-state index is -0.297. The van der Waals surface area contributed by atoms with E-state index in [9.17, 15) is 4.79 Å². The lowest BCUT2D eigenvalue weighted by Crippen LogP contribution is -2.32. The molecule has 1 aliphatic heterocycles. The lowest BCUT2D eigenvalue weighted by atomic mass is 10.1. The Morgan fingerprint density at radius 3 is 3.00 bits per heavy atom. The van der Waals surface area contributed by atoms with Crippen molar-refractivity contribution in [1.82, 2.24) is 0 Å². The standard InChI is InChI=1S/C14H16O2S/c1-10(2)7-8-11(15)13-9-17-14-6-4-3-5-12(14)16-13/h3-6,13H,1,7-9H2,2H3. The second kappa shape index (κ2) is 5.41. The summed E-state index contributed by atoms with van der Waals surface area (Å²) in [5, 5.41) is 0. The Bertz CT molecular complexity index is 440. The Hall–Kier alpha value is -1.22. The maximum absolute atomic E-state index is 11.9. The summed E-state index contributed by atoms with van der Waals surface area (Å²) in [5.74, 6) is 1.72. The fourth-order valence-electron chi connectivity index (χ4n) is 1.68. The number of Topliss-reactive ketones (excluding diaryl/α,β-unsaturated/α-hetero) is 1. The van der Waals surface area contributed by atoms with Gasteiger partial charge in [0.15, 0.2) is 11.9 Å². The van der Waals surface area contributed by atoms with Crippen molar-refractivity contribution in [3.8, 4) is 5.75 Å². The van der Waals surface area contributed by atoms with Crippen molar-refractivity contribution in [2.75, 3.05) is 5.75 Å². The van der Waals surface area contributed by atoms with E-state index in [0.717, 1.165) is 22.6 Å². The van der Waals surface area contributed by atoms with E-state index in [0.29, 0.717) is 12.2 Å². The zero-order chi connectivity index (χ0) is 12.3. The van der Waals surface area contributed by atoms with Crippen LogP contribution in [0, 0.1) is 0 Å². The molecule has 1 heterocycles. The van der Waals surface area contributed by atoms with Gasteiger partial charge >= 0.3 is 0 Å². The molecule has 2 rings (SSSR count). The molecular weight excluding hydrogens is 232 g/mol. The average molecular weight is 248 g/mol. The first-order valence-corrected chi connectivity index (χ1v) is 6.71. The van der Waals surface area contributed by atoms with Gasteiger partial charge in [0.1, 0.15) is 5.75 Å². The number of ether oxygens (including phenoxy) is 1. The molecule has 0 amide bonds. The Morgan fingerprint density at radius 2 is 2.24 bits per heavy atom. The van der Waals surface area contributed by atoms with Gasteiger partial charge in [-0.3, -0.25) is 4.79 Å². The van der Waals surface area contributed by atoms with Crippen LogP contribution in [0.5, 0.6) is 5.75 Å². The van der Waals surface area contributed by atoms with Crippen LogP contribution in [0.25, 0.3) is 0 Å². The van der Waals surface area contributed by atoms with Crippen LogP contribution in [0.3, 0.4) is 0 Å². The summed E-state index contributed by atoms with van der Waals surface area (Å²) in [5.41, 5.74) is 1.04. The molecule has 90 valence electrons. The number of allylic oxidation sites excluding steroid dienone is 1. The first kappa shape index (κ1) is 12.2. The third kappa shape index (κ3) is 3.13. The van der Waals surface area contributed by atoms with Crippen molar-refractivity contribution < 1.29 is 9.53 Å². The minimum Gasteiger partial charge on any atom is -0.481 e. The number of hydrogen-bond acceptors (Lipinski definition) is 3. The normalized spacial score (nSPS) is 18.1. The molecule has 1 aromatic carbocycles. The first-order chi connectivity index (χ1) is 8.16. The maximum atomic E-state index is 11.9. The third-order valence-corrected chi connectivity index (χ3v) is 3.78. The molecule has 0 N–H and O–H groups in total. The van der Waals surface area contributed by atoms with E-state index in [1.54, 1.807) is 11.8 Å². The van der Waals surface area contributed by atoms with E-state index < -0.39 is 0 Å². The van der Waals surface area contributed by atoms with Gasteiger partial charge in [-0.25, -0.2) is 0 Å². The monoisotopic (exact) mass is 248 g/mol. The first-order valence-electron chi connectivity index (χ1n) is 5.72. The number of fused-ring (bicyclic) bond motifs is 1. The predicted molar refractivity (Wildman–Crippen MR) is 70.6 cm³/mol. The summed E-state index contributed by atoms with van der Waals surface area (Å²) in [6, 6.07) is 7.85. The molecule has 0 aromatic heterocycles. The molecule has 1 unspecified atom stereocenters. The Kier molecular flexibility index (Phi) is 3.89. The van der Waals surface area contributed by atoms with Gasteiger partial charge in [-0.2, -0.15) is 0 Å². The highest BCUT2D eigenvalue weighted by Gasteiger charge is 2.25. The molecule has 17 heavy (non-hydrogen) atoms. The fourth-order valence-corrected chi connectivity index (χ4v) is 2.69. The van der Waals surface area contributed by atoms with Crippen molar-refractivity contribution in [3.63, 3.8) is 0 Å². The van der Waals surface area contributed by atoms with Crippen LogP contribution >= 0.6 is 11.8 Å². The Balaban J connectivity index is 1.97. The zero-order valence-corrected chi connectivity index (χ0v) is 10.8. The second-order valence-electron chi connectivity index (χ2n) is 4.29. The number of para-hydroxylation sites is 1. The summed E-state index contributed by atoms with van der Waals surface area (Å²) >= 11 is 1.69. The average Bonchev–Trinajstić information content (AvgIpc) is 2.35. The highest BCUT2D eigenvalue weighted by atomic mass is 32.2. The van der Waals surface area contributed by atoms with E-state index in [2.05, 4.69) is 6.58 Å². The molecule has 0 saturated carbocycles. The van der Waals surface area contributed by atoms with Crippen LogP contribution < -0.4 is 4.74 Å². The number of rotatable bonds is 4. The van der Waals surface area contributed by atoms with Crippen molar-refractivity contribution >= 4 is 17.5 Å². The number of ketones is 1. The zero-order valence-electron chi connectivity index (χ0n) is 9.94. The van der Waals surface area contributed by atoms with E-state index in [1.165, 1.54) is 0 Å². The van der Waals surface area contributed by atoms with Gasteiger partial charge in [0.05, 0.1) is 0 Å². The van der Waals surface area contributed by atoms with Gasteiger partial charge in [0, 0.05) is 17.1 Å². The van der Waals surface area contributed by atoms with Gasteiger partial charge in [0.25, 0.3) is 0 Å². The number of hydrogen-bond donors (Lipinski definition) is 0. The van der Waals surface area contributed by atoms with Crippen molar-refractivity contribution in [3.05, 3.63) is 36.4 Å². The van der Waals surface area contributed by atoms with E-state index in [1.807, 2.05) is 31.2 Å². The van der Waals surface area contributed by atoms with Crippen molar-refractivity contribution in [2.24, 2.45) is 0 Å².